The molecule has 0 radical (unpaired) electrons. The molecule has 0 amide bonds. The van der Waals surface area contributed by atoms with Gasteiger partial charge in [0.1, 0.15) is 5.69 Å². The van der Waals surface area contributed by atoms with Gasteiger partial charge >= 0.3 is 0 Å². The van der Waals surface area contributed by atoms with Crippen LogP contribution in [0.4, 0.5) is 0 Å². The molecule has 0 saturated heterocycles. The van der Waals surface area contributed by atoms with Crippen LogP contribution in [0.5, 0.6) is 0 Å². The normalized spacial score (nSPS) is 12.6. The first-order valence-corrected chi connectivity index (χ1v) is 5.47. The average molecular weight is 216 g/mol. The molecule has 2 rings (SSSR count). The third-order valence-corrected chi connectivity index (χ3v) is 2.64. The molecule has 4 heteroatoms. The first-order chi connectivity index (χ1) is 7.83. The van der Waals surface area contributed by atoms with Crippen molar-refractivity contribution in [2.75, 3.05) is 6.54 Å². The van der Waals surface area contributed by atoms with Gasteiger partial charge in [-0.05, 0) is 24.6 Å². The highest BCUT2D eigenvalue weighted by Crippen LogP contribution is 2.22. The second-order valence-corrected chi connectivity index (χ2v) is 3.74. The van der Waals surface area contributed by atoms with Crippen LogP contribution in [0.25, 0.3) is 0 Å². The van der Waals surface area contributed by atoms with E-state index >= 15 is 0 Å². The van der Waals surface area contributed by atoms with Crippen molar-refractivity contribution in [2.45, 2.75) is 19.9 Å². The summed E-state index contributed by atoms with van der Waals surface area (Å²) in [5.41, 5.74) is 3.44. The Morgan fingerprint density at radius 3 is 2.81 bits per heavy atom. The standard InChI is InChI=1S/C12H16N4/c1-3-13-12(11-8-14-16-15-11)10-7-5-4-6-9(10)2/h4-8,12-13H,3H2,1-2H3,(H,14,15,16). The molecular weight excluding hydrogens is 200 g/mol. The Balaban J connectivity index is 2.37. The van der Waals surface area contributed by atoms with Crippen molar-refractivity contribution in [3.8, 4) is 0 Å². The second-order valence-electron chi connectivity index (χ2n) is 3.74. The number of hydrogen-bond donors (Lipinski definition) is 2. The number of hydrogen-bond acceptors (Lipinski definition) is 3. The monoisotopic (exact) mass is 216 g/mol. The fourth-order valence-electron chi connectivity index (χ4n) is 1.84. The quantitative estimate of drug-likeness (QED) is 0.819. The van der Waals surface area contributed by atoms with Gasteiger partial charge in [0, 0.05) is 0 Å². The predicted octanol–water partition coefficient (Wildman–Crippen LogP) is 1.81. The van der Waals surface area contributed by atoms with E-state index in [2.05, 4.69) is 46.7 Å². The van der Waals surface area contributed by atoms with Crippen LogP contribution in [0.1, 0.15) is 29.8 Å². The maximum absolute atomic E-state index is 4.15. The van der Waals surface area contributed by atoms with Gasteiger partial charge in [0.2, 0.25) is 0 Å². The van der Waals surface area contributed by atoms with Crippen LogP contribution < -0.4 is 5.32 Å². The first-order valence-electron chi connectivity index (χ1n) is 5.47. The number of aromatic nitrogens is 3. The molecule has 0 spiro atoms. The summed E-state index contributed by atoms with van der Waals surface area (Å²) in [6.07, 6.45) is 1.76. The number of nitrogens with one attached hydrogen (secondary N) is 2. The third-order valence-electron chi connectivity index (χ3n) is 2.64. The summed E-state index contributed by atoms with van der Waals surface area (Å²) in [5.74, 6) is 0. The van der Waals surface area contributed by atoms with Gasteiger partial charge in [-0.15, -0.1) is 0 Å². The molecule has 1 heterocycles. The summed E-state index contributed by atoms with van der Waals surface area (Å²) in [7, 11) is 0. The lowest BCUT2D eigenvalue weighted by molar-refractivity contribution is 0.611. The molecule has 1 aromatic heterocycles. The molecule has 1 unspecified atom stereocenters. The van der Waals surface area contributed by atoms with Crippen molar-refractivity contribution < 1.29 is 0 Å². The fourth-order valence-corrected chi connectivity index (χ4v) is 1.84. The Kier molecular flexibility index (Phi) is 3.31. The summed E-state index contributed by atoms with van der Waals surface area (Å²) in [6.45, 7) is 5.09. The number of benzene rings is 1. The van der Waals surface area contributed by atoms with Crippen LogP contribution in [-0.2, 0) is 0 Å². The molecule has 1 aromatic carbocycles. The molecule has 0 aliphatic carbocycles. The van der Waals surface area contributed by atoms with Crippen molar-refractivity contribution in [1.29, 1.82) is 0 Å². The van der Waals surface area contributed by atoms with Crippen LogP contribution in [0.3, 0.4) is 0 Å². The Labute approximate surface area is 95.1 Å². The zero-order chi connectivity index (χ0) is 11.4. The van der Waals surface area contributed by atoms with Crippen molar-refractivity contribution in [1.82, 2.24) is 20.7 Å². The predicted molar refractivity (Wildman–Crippen MR) is 63.1 cm³/mol. The lowest BCUT2D eigenvalue weighted by Crippen LogP contribution is -2.23. The van der Waals surface area contributed by atoms with Gasteiger partial charge in [0.25, 0.3) is 0 Å². The molecule has 1 atom stereocenters. The molecule has 0 aliphatic rings. The smallest absolute Gasteiger partial charge is 0.104 e. The SMILES string of the molecule is CCNC(c1cn[nH]n1)c1ccccc1C. The molecule has 84 valence electrons. The van der Waals surface area contributed by atoms with Crippen LogP contribution in [-0.4, -0.2) is 22.0 Å². The minimum Gasteiger partial charge on any atom is -0.305 e. The first kappa shape index (κ1) is 10.8. The van der Waals surface area contributed by atoms with Gasteiger partial charge in [0.05, 0.1) is 12.2 Å². The van der Waals surface area contributed by atoms with Gasteiger partial charge in [-0.1, -0.05) is 31.2 Å². The summed E-state index contributed by atoms with van der Waals surface area (Å²) in [6, 6.07) is 8.44. The van der Waals surface area contributed by atoms with Crippen LogP contribution in [0.2, 0.25) is 0 Å². The zero-order valence-corrected chi connectivity index (χ0v) is 9.57. The highest BCUT2D eigenvalue weighted by atomic mass is 15.3. The maximum atomic E-state index is 4.15. The molecular formula is C12H16N4. The minimum atomic E-state index is 0.116. The summed E-state index contributed by atoms with van der Waals surface area (Å²) in [5, 5.41) is 14.1. The van der Waals surface area contributed by atoms with E-state index in [4.69, 9.17) is 0 Å². The Morgan fingerprint density at radius 2 is 2.19 bits per heavy atom. The topological polar surface area (TPSA) is 53.6 Å². The maximum Gasteiger partial charge on any atom is 0.104 e. The number of rotatable bonds is 4. The van der Waals surface area contributed by atoms with E-state index < -0.39 is 0 Å². The van der Waals surface area contributed by atoms with Gasteiger partial charge < -0.3 is 5.32 Å². The molecule has 16 heavy (non-hydrogen) atoms. The zero-order valence-electron chi connectivity index (χ0n) is 9.57. The minimum absolute atomic E-state index is 0.116. The van der Waals surface area contributed by atoms with E-state index in [0.717, 1.165) is 12.2 Å². The Morgan fingerprint density at radius 1 is 1.38 bits per heavy atom. The molecule has 0 saturated carbocycles. The van der Waals surface area contributed by atoms with Crippen LogP contribution in [0, 0.1) is 6.92 Å². The van der Waals surface area contributed by atoms with Gasteiger partial charge in [0.15, 0.2) is 0 Å². The highest BCUT2D eigenvalue weighted by Gasteiger charge is 2.16. The largest absolute Gasteiger partial charge is 0.305 e. The van der Waals surface area contributed by atoms with E-state index in [-0.39, 0.29) is 6.04 Å². The number of aromatic amines is 1. The van der Waals surface area contributed by atoms with Gasteiger partial charge in [-0.25, -0.2) is 0 Å². The molecule has 4 nitrogen and oxygen atoms in total. The number of nitrogens with zero attached hydrogens (tertiary/aromatic N) is 2. The lowest BCUT2D eigenvalue weighted by Gasteiger charge is -2.17. The van der Waals surface area contributed by atoms with E-state index in [1.807, 2.05) is 12.1 Å². The van der Waals surface area contributed by atoms with E-state index in [1.54, 1.807) is 6.20 Å². The highest BCUT2D eigenvalue weighted by molar-refractivity contribution is 5.33. The second kappa shape index (κ2) is 4.90. The summed E-state index contributed by atoms with van der Waals surface area (Å²) < 4.78 is 0. The molecule has 2 N–H and O–H groups in total. The van der Waals surface area contributed by atoms with Gasteiger partial charge in [-0.3, -0.25) is 0 Å². The Hall–Kier alpha value is -1.68. The third kappa shape index (κ3) is 2.12. The van der Waals surface area contributed by atoms with E-state index in [0.29, 0.717) is 0 Å². The fraction of sp³-hybridized carbons (Fsp3) is 0.333. The molecule has 0 aliphatic heterocycles. The van der Waals surface area contributed by atoms with Crippen molar-refractivity contribution in [3.63, 3.8) is 0 Å². The van der Waals surface area contributed by atoms with Crippen LogP contribution in [0.15, 0.2) is 30.5 Å². The van der Waals surface area contributed by atoms with E-state index in [9.17, 15) is 0 Å². The van der Waals surface area contributed by atoms with Gasteiger partial charge in [-0.2, -0.15) is 15.4 Å². The molecule has 0 fully saturated rings. The molecule has 2 aromatic rings. The Bertz CT molecular complexity index is 436. The summed E-state index contributed by atoms with van der Waals surface area (Å²) in [4.78, 5) is 0. The van der Waals surface area contributed by atoms with E-state index in [1.165, 1.54) is 11.1 Å². The lowest BCUT2D eigenvalue weighted by atomic mass is 9.99. The average Bonchev–Trinajstić information content (AvgIpc) is 2.80. The molecule has 0 bridgehead atoms. The number of aryl methyl sites for hydroxylation is 1. The van der Waals surface area contributed by atoms with Crippen molar-refractivity contribution >= 4 is 0 Å². The van der Waals surface area contributed by atoms with Crippen molar-refractivity contribution in [3.05, 3.63) is 47.3 Å². The van der Waals surface area contributed by atoms with Crippen molar-refractivity contribution in [2.24, 2.45) is 0 Å². The number of H-pyrrole nitrogens is 1. The van der Waals surface area contributed by atoms with Crippen LogP contribution >= 0.6 is 0 Å². The summed E-state index contributed by atoms with van der Waals surface area (Å²) >= 11 is 0.